The van der Waals surface area contributed by atoms with Crippen LogP contribution in [-0.4, -0.2) is 23.7 Å². The van der Waals surface area contributed by atoms with Crippen LogP contribution in [0.25, 0.3) is 0 Å². The van der Waals surface area contributed by atoms with Crippen LogP contribution < -0.4 is 4.90 Å². The normalized spacial score (nSPS) is 26.5. The number of benzene rings is 1. The highest BCUT2D eigenvalue weighted by Gasteiger charge is 2.39. The first-order valence-corrected chi connectivity index (χ1v) is 6.35. The third-order valence-corrected chi connectivity index (χ3v) is 4.08. The van der Waals surface area contributed by atoms with Crippen LogP contribution in [0.5, 0.6) is 0 Å². The predicted molar refractivity (Wildman–Crippen MR) is 66.4 cm³/mol. The van der Waals surface area contributed by atoms with E-state index < -0.39 is 5.97 Å². The fourth-order valence-electron chi connectivity index (χ4n) is 3.44. The van der Waals surface area contributed by atoms with Gasteiger partial charge in [-0.05, 0) is 24.5 Å². The highest BCUT2D eigenvalue weighted by atomic mass is 16.4. The van der Waals surface area contributed by atoms with Crippen LogP contribution in [0.2, 0.25) is 0 Å². The van der Waals surface area contributed by atoms with Gasteiger partial charge in [0.25, 0.3) is 0 Å². The van der Waals surface area contributed by atoms with Gasteiger partial charge in [0.05, 0.1) is 0 Å². The standard InChI is InChI=1S/C14H17NO2/c16-14(17)9-15-12-7-3-1-5-10(12)11-6-2-4-8-13(11)15/h1,3,5,7,11,13H,2,4,6,8-9H2,(H,16,17). The van der Waals surface area contributed by atoms with E-state index in [1.165, 1.54) is 24.8 Å². The van der Waals surface area contributed by atoms with Crippen molar-refractivity contribution in [3.63, 3.8) is 0 Å². The Bertz CT molecular complexity index is 444. The minimum atomic E-state index is -0.731. The average molecular weight is 231 g/mol. The molecular formula is C14H17NO2. The molecule has 0 bridgehead atoms. The zero-order valence-electron chi connectivity index (χ0n) is 9.80. The quantitative estimate of drug-likeness (QED) is 0.850. The number of anilines is 1. The van der Waals surface area contributed by atoms with Crippen LogP contribution in [0.4, 0.5) is 5.69 Å². The molecule has 3 nitrogen and oxygen atoms in total. The van der Waals surface area contributed by atoms with Crippen LogP contribution >= 0.6 is 0 Å². The number of hydrogen-bond donors (Lipinski definition) is 1. The number of carboxylic acid groups (broad SMARTS) is 1. The summed E-state index contributed by atoms with van der Waals surface area (Å²) in [5.74, 6) is -0.176. The number of nitrogens with zero attached hydrogens (tertiary/aromatic N) is 1. The number of hydrogen-bond acceptors (Lipinski definition) is 2. The molecule has 2 aliphatic rings. The fourth-order valence-corrected chi connectivity index (χ4v) is 3.44. The van der Waals surface area contributed by atoms with Crippen LogP contribution in [-0.2, 0) is 4.79 Å². The van der Waals surface area contributed by atoms with E-state index in [2.05, 4.69) is 23.1 Å². The zero-order valence-corrected chi connectivity index (χ0v) is 9.80. The van der Waals surface area contributed by atoms with Gasteiger partial charge < -0.3 is 10.0 Å². The van der Waals surface area contributed by atoms with Gasteiger partial charge in [0, 0.05) is 17.6 Å². The van der Waals surface area contributed by atoms with Crippen molar-refractivity contribution in [2.24, 2.45) is 0 Å². The van der Waals surface area contributed by atoms with E-state index in [1.807, 2.05) is 6.07 Å². The summed E-state index contributed by atoms with van der Waals surface area (Å²) in [4.78, 5) is 13.1. The van der Waals surface area contributed by atoms with Crippen molar-refractivity contribution in [2.45, 2.75) is 37.6 Å². The lowest BCUT2D eigenvalue weighted by molar-refractivity contribution is -0.135. The molecule has 0 saturated heterocycles. The predicted octanol–water partition coefficient (Wildman–Crippen LogP) is 2.62. The lowest BCUT2D eigenvalue weighted by Crippen LogP contribution is -2.39. The Kier molecular flexibility index (Phi) is 2.54. The molecule has 2 unspecified atom stereocenters. The number of para-hydroxylation sites is 1. The van der Waals surface area contributed by atoms with E-state index in [9.17, 15) is 4.79 Å². The molecule has 1 aliphatic carbocycles. The Morgan fingerprint density at radius 2 is 2.06 bits per heavy atom. The van der Waals surface area contributed by atoms with Gasteiger partial charge in [0.1, 0.15) is 6.54 Å². The Morgan fingerprint density at radius 3 is 2.88 bits per heavy atom. The summed E-state index contributed by atoms with van der Waals surface area (Å²) < 4.78 is 0. The molecule has 1 aromatic rings. The second kappa shape index (κ2) is 4.06. The molecule has 1 saturated carbocycles. The summed E-state index contributed by atoms with van der Waals surface area (Å²) in [6, 6.07) is 8.72. The van der Waals surface area contributed by atoms with Crippen molar-refractivity contribution < 1.29 is 9.90 Å². The van der Waals surface area contributed by atoms with E-state index in [-0.39, 0.29) is 6.54 Å². The van der Waals surface area contributed by atoms with E-state index in [0.29, 0.717) is 12.0 Å². The molecule has 3 heteroatoms. The molecule has 2 atom stereocenters. The third kappa shape index (κ3) is 1.70. The highest BCUT2D eigenvalue weighted by molar-refractivity contribution is 5.76. The molecule has 0 radical (unpaired) electrons. The minimum Gasteiger partial charge on any atom is -0.480 e. The van der Waals surface area contributed by atoms with Crippen LogP contribution in [0.15, 0.2) is 24.3 Å². The van der Waals surface area contributed by atoms with Gasteiger partial charge in [0.2, 0.25) is 0 Å². The van der Waals surface area contributed by atoms with Gasteiger partial charge in [-0.3, -0.25) is 4.79 Å². The van der Waals surface area contributed by atoms with Crippen molar-refractivity contribution in [1.29, 1.82) is 0 Å². The second-order valence-electron chi connectivity index (χ2n) is 5.04. The average Bonchev–Trinajstić information content (AvgIpc) is 2.65. The van der Waals surface area contributed by atoms with Crippen molar-refractivity contribution in [1.82, 2.24) is 0 Å². The Hall–Kier alpha value is -1.51. The smallest absolute Gasteiger partial charge is 0.323 e. The third-order valence-electron chi connectivity index (χ3n) is 4.08. The number of fused-ring (bicyclic) bond motifs is 3. The molecule has 3 rings (SSSR count). The molecule has 1 heterocycles. The number of carbonyl (C=O) groups is 1. The molecule has 0 amide bonds. The number of aliphatic carboxylic acids is 1. The molecular weight excluding hydrogens is 214 g/mol. The number of rotatable bonds is 2. The van der Waals surface area contributed by atoms with E-state index in [4.69, 9.17) is 5.11 Å². The molecule has 1 aliphatic heterocycles. The van der Waals surface area contributed by atoms with E-state index in [0.717, 1.165) is 12.1 Å². The summed E-state index contributed by atoms with van der Waals surface area (Å²) in [5.41, 5.74) is 2.50. The number of carboxylic acids is 1. The summed E-state index contributed by atoms with van der Waals surface area (Å²) in [6.07, 6.45) is 4.84. The molecule has 1 aromatic carbocycles. The minimum absolute atomic E-state index is 0.137. The van der Waals surface area contributed by atoms with E-state index in [1.54, 1.807) is 0 Å². The Labute approximate surface area is 101 Å². The van der Waals surface area contributed by atoms with Crippen LogP contribution in [0.3, 0.4) is 0 Å². The SMILES string of the molecule is O=C(O)CN1c2ccccc2C2CCCCC21. The topological polar surface area (TPSA) is 40.5 Å². The highest BCUT2D eigenvalue weighted by Crippen LogP contribution is 2.47. The maximum atomic E-state index is 11.0. The van der Waals surface area contributed by atoms with E-state index >= 15 is 0 Å². The summed E-state index contributed by atoms with van der Waals surface area (Å²) >= 11 is 0. The van der Waals surface area contributed by atoms with Crippen molar-refractivity contribution in [2.75, 3.05) is 11.4 Å². The van der Waals surface area contributed by atoms with Gasteiger partial charge in [0.15, 0.2) is 0 Å². The first-order chi connectivity index (χ1) is 8.27. The fraction of sp³-hybridized carbons (Fsp3) is 0.500. The largest absolute Gasteiger partial charge is 0.480 e. The molecule has 1 fully saturated rings. The maximum Gasteiger partial charge on any atom is 0.323 e. The van der Waals surface area contributed by atoms with Crippen molar-refractivity contribution >= 4 is 11.7 Å². The lowest BCUT2D eigenvalue weighted by Gasteiger charge is -2.32. The molecule has 0 spiro atoms. The zero-order chi connectivity index (χ0) is 11.8. The Balaban J connectivity index is 1.99. The lowest BCUT2D eigenvalue weighted by atomic mass is 9.82. The molecule has 1 N–H and O–H groups in total. The van der Waals surface area contributed by atoms with Gasteiger partial charge in [-0.25, -0.2) is 0 Å². The summed E-state index contributed by atoms with van der Waals surface area (Å²) in [7, 11) is 0. The van der Waals surface area contributed by atoms with Gasteiger partial charge in [-0.15, -0.1) is 0 Å². The summed E-state index contributed by atoms with van der Waals surface area (Å²) in [5, 5.41) is 9.05. The summed E-state index contributed by atoms with van der Waals surface area (Å²) in [6.45, 7) is 0.137. The van der Waals surface area contributed by atoms with Crippen molar-refractivity contribution in [3.05, 3.63) is 29.8 Å². The molecule has 90 valence electrons. The molecule has 17 heavy (non-hydrogen) atoms. The van der Waals surface area contributed by atoms with Gasteiger partial charge >= 0.3 is 5.97 Å². The Morgan fingerprint density at radius 1 is 1.29 bits per heavy atom. The first-order valence-electron chi connectivity index (χ1n) is 6.35. The van der Waals surface area contributed by atoms with Crippen molar-refractivity contribution in [3.8, 4) is 0 Å². The van der Waals surface area contributed by atoms with Crippen LogP contribution in [0.1, 0.15) is 37.2 Å². The second-order valence-corrected chi connectivity index (χ2v) is 5.04. The first kappa shape index (κ1) is 10.6. The maximum absolute atomic E-state index is 11.0. The van der Waals surface area contributed by atoms with Gasteiger partial charge in [-0.2, -0.15) is 0 Å². The van der Waals surface area contributed by atoms with Gasteiger partial charge in [-0.1, -0.05) is 31.0 Å². The van der Waals surface area contributed by atoms with Crippen LogP contribution in [0, 0.1) is 0 Å². The monoisotopic (exact) mass is 231 g/mol. The molecule has 0 aromatic heterocycles.